The van der Waals surface area contributed by atoms with E-state index in [2.05, 4.69) is 41.5 Å². The number of rotatable bonds is 60. The molecule has 0 aliphatic carbocycles. The smallest absolute Gasteiger partial charge is 0.462 e. The highest BCUT2D eigenvalue weighted by molar-refractivity contribution is 7.47. The lowest BCUT2D eigenvalue weighted by molar-refractivity contribution is -0.161. The first kappa shape index (κ1) is 78.1. The zero-order chi connectivity index (χ0) is 59.4. The number of aliphatic hydroxyl groups is 1. The van der Waals surface area contributed by atoms with Gasteiger partial charge >= 0.3 is 39.5 Å². The van der Waals surface area contributed by atoms with E-state index in [4.69, 9.17) is 37.0 Å². The van der Waals surface area contributed by atoms with Gasteiger partial charge in [0.2, 0.25) is 0 Å². The summed E-state index contributed by atoms with van der Waals surface area (Å²) in [6.45, 7) is 9.38. The molecule has 0 aliphatic heterocycles. The molecule has 17 nitrogen and oxygen atoms in total. The first-order valence-corrected chi connectivity index (χ1v) is 35.0. The molecular weight excluding hydrogens is 1070 g/mol. The Balaban J connectivity index is 5.23. The average molecular weight is 1190 g/mol. The van der Waals surface area contributed by atoms with Crippen molar-refractivity contribution in [3.05, 3.63) is 0 Å². The molecule has 0 aromatic carbocycles. The molecule has 0 fully saturated rings. The van der Waals surface area contributed by atoms with Gasteiger partial charge in [-0.15, -0.1) is 0 Å². The second kappa shape index (κ2) is 53.8. The number of hydrogen-bond acceptors (Lipinski definition) is 15. The lowest BCUT2D eigenvalue weighted by atomic mass is 9.99. The van der Waals surface area contributed by atoms with Crippen LogP contribution in [0.5, 0.6) is 0 Å². The van der Waals surface area contributed by atoms with Crippen LogP contribution >= 0.6 is 15.6 Å². The Morgan fingerprint density at radius 1 is 0.362 bits per heavy atom. The molecule has 80 heavy (non-hydrogen) atoms. The summed E-state index contributed by atoms with van der Waals surface area (Å²) < 4.78 is 67.8. The van der Waals surface area contributed by atoms with Gasteiger partial charge in [0.25, 0.3) is 0 Å². The van der Waals surface area contributed by atoms with Crippen LogP contribution in [0, 0.1) is 11.8 Å². The first-order valence-electron chi connectivity index (χ1n) is 32.0. The molecule has 3 unspecified atom stereocenters. The van der Waals surface area contributed by atoms with E-state index in [0.29, 0.717) is 25.7 Å². The Morgan fingerprint density at radius 3 is 0.950 bits per heavy atom. The average Bonchev–Trinajstić information content (AvgIpc) is 3.42. The maximum Gasteiger partial charge on any atom is 0.472 e. The van der Waals surface area contributed by atoms with E-state index in [1.807, 2.05) is 0 Å². The maximum atomic E-state index is 12.9. The summed E-state index contributed by atoms with van der Waals surface area (Å²) in [4.78, 5) is 71.9. The predicted molar refractivity (Wildman–Crippen MR) is 317 cm³/mol. The molecule has 0 saturated carbocycles. The van der Waals surface area contributed by atoms with Gasteiger partial charge in [-0.1, -0.05) is 247 Å². The van der Waals surface area contributed by atoms with Crippen molar-refractivity contribution in [3.8, 4) is 0 Å². The number of phosphoric acid groups is 2. The molecule has 3 N–H and O–H groups in total. The second-order valence-electron chi connectivity index (χ2n) is 22.8. The van der Waals surface area contributed by atoms with Crippen LogP contribution in [-0.4, -0.2) is 96.7 Å². The predicted octanol–water partition coefficient (Wildman–Crippen LogP) is 16.5. The minimum Gasteiger partial charge on any atom is -0.462 e. The first-order chi connectivity index (χ1) is 38.4. The van der Waals surface area contributed by atoms with Crippen LogP contribution in [0.2, 0.25) is 0 Å². The summed E-state index contributed by atoms with van der Waals surface area (Å²) in [6, 6.07) is 0. The molecule has 0 saturated heterocycles. The molecule has 0 radical (unpaired) electrons. The molecule has 0 aromatic heterocycles. The van der Waals surface area contributed by atoms with Crippen LogP contribution in [0.15, 0.2) is 0 Å². The van der Waals surface area contributed by atoms with E-state index in [1.54, 1.807) is 0 Å². The number of carbonyl (C=O) groups is 4. The zero-order valence-electron chi connectivity index (χ0n) is 51.4. The van der Waals surface area contributed by atoms with Gasteiger partial charge in [-0.25, -0.2) is 9.13 Å². The molecule has 19 heteroatoms. The quantitative estimate of drug-likeness (QED) is 0.0222. The molecule has 0 heterocycles. The van der Waals surface area contributed by atoms with Gasteiger partial charge in [0.15, 0.2) is 12.2 Å². The lowest BCUT2D eigenvalue weighted by Gasteiger charge is -2.21. The monoisotopic (exact) mass is 1180 g/mol. The van der Waals surface area contributed by atoms with E-state index in [1.165, 1.54) is 103 Å². The highest BCUT2D eigenvalue weighted by Crippen LogP contribution is 2.45. The van der Waals surface area contributed by atoms with E-state index in [9.17, 15) is 43.2 Å². The summed E-state index contributed by atoms with van der Waals surface area (Å²) in [5, 5.41) is 10.5. The van der Waals surface area contributed by atoms with Crippen molar-refractivity contribution >= 4 is 39.5 Å². The molecule has 0 aliphatic rings. The highest BCUT2D eigenvalue weighted by atomic mass is 31.2. The van der Waals surface area contributed by atoms with Crippen molar-refractivity contribution in [2.24, 2.45) is 11.8 Å². The van der Waals surface area contributed by atoms with Crippen molar-refractivity contribution in [3.63, 3.8) is 0 Å². The van der Waals surface area contributed by atoms with Gasteiger partial charge in [-0.05, 0) is 37.5 Å². The van der Waals surface area contributed by atoms with Crippen LogP contribution in [0.3, 0.4) is 0 Å². The number of ether oxygens (including phenoxy) is 4. The van der Waals surface area contributed by atoms with Gasteiger partial charge in [-0.2, -0.15) is 0 Å². The van der Waals surface area contributed by atoms with E-state index >= 15 is 0 Å². The third-order valence-corrected chi connectivity index (χ3v) is 16.2. The number of phosphoric ester groups is 2. The summed E-state index contributed by atoms with van der Waals surface area (Å²) in [5.74, 6) is -0.648. The summed E-state index contributed by atoms with van der Waals surface area (Å²) in [7, 11) is -9.88. The Hall–Kier alpha value is -1.94. The van der Waals surface area contributed by atoms with E-state index in [-0.39, 0.29) is 25.7 Å². The minimum atomic E-state index is -4.94. The topological polar surface area (TPSA) is 237 Å². The lowest BCUT2D eigenvalue weighted by Crippen LogP contribution is -2.30. The number of unbranched alkanes of at least 4 members (excludes halogenated alkanes) is 29. The molecule has 0 amide bonds. The third kappa shape index (κ3) is 54.0. The fourth-order valence-corrected chi connectivity index (χ4v) is 10.5. The zero-order valence-corrected chi connectivity index (χ0v) is 53.2. The maximum absolute atomic E-state index is 12.9. The molecule has 0 spiro atoms. The molecule has 0 bridgehead atoms. The normalized spacial score (nSPS) is 14.7. The van der Waals surface area contributed by atoms with Crippen molar-refractivity contribution in [2.45, 2.75) is 317 Å². The number of hydrogen-bond donors (Lipinski definition) is 3. The number of carbonyl (C=O) groups excluding carboxylic acids is 4. The second-order valence-corrected chi connectivity index (χ2v) is 25.7. The molecule has 0 aromatic rings. The molecule has 0 rings (SSSR count). The van der Waals surface area contributed by atoms with Crippen LogP contribution in [0.1, 0.15) is 298 Å². The molecule has 474 valence electrons. The fourth-order valence-electron chi connectivity index (χ4n) is 8.97. The Labute approximate surface area is 486 Å². The van der Waals surface area contributed by atoms with Crippen LogP contribution in [0.4, 0.5) is 0 Å². The fraction of sp³-hybridized carbons (Fsp3) is 0.934. The third-order valence-electron chi connectivity index (χ3n) is 14.3. The van der Waals surface area contributed by atoms with Gasteiger partial charge in [0, 0.05) is 25.7 Å². The Bertz CT molecular complexity index is 1580. The van der Waals surface area contributed by atoms with Crippen molar-refractivity contribution in [1.82, 2.24) is 0 Å². The summed E-state index contributed by atoms with van der Waals surface area (Å²) in [5.41, 5.74) is 0. The molecule has 6 atom stereocenters. The Kier molecular flexibility index (Phi) is 52.5. The van der Waals surface area contributed by atoms with Gasteiger partial charge in [0.1, 0.15) is 19.3 Å². The summed E-state index contributed by atoms with van der Waals surface area (Å²) in [6.07, 6.45) is 34.9. The van der Waals surface area contributed by atoms with Crippen LogP contribution in [-0.2, 0) is 65.4 Å². The van der Waals surface area contributed by atoms with Gasteiger partial charge < -0.3 is 33.8 Å². The number of aliphatic hydroxyl groups excluding tert-OH is 1. The van der Waals surface area contributed by atoms with Crippen LogP contribution < -0.4 is 0 Å². The van der Waals surface area contributed by atoms with Gasteiger partial charge in [-0.3, -0.25) is 37.3 Å². The van der Waals surface area contributed by atoms with Crippen LogP contribution in [0.25, 0.3) is 0 Å². The summed E-state index contributed by atoms with van der Waals surface area (Å²) >= 11 is 0. The van der Waals surface area contributed by atoms with E-state index in [0.717, 1.165) is 115 Å². The van der Waals surface area contributed by atoms with Crippen molar-refractivity contribution in [1.29, 1.82) is 0 Å². The number of esters is 4. The van der Waals surface area contributed by atoms with E-state index < -0.39 is 97.5 Å². The largest absolute Gasteiger partial charge is 0.472 e. The molecular formula is C61H118O17P2. The van der Waals surface area contributed by atoms with Crippen molar-refractivity contribution < 1.29 is 80.2 Å². The standard InChI is InChI=1S/C61H118O17P2/c1-7-10-12-14-16-17-18-27-33-39-45-60(65)77-56(49-71-58(63)43-37-31-23-15-13-11-8-2)51-75-79(67,68)73-47-55(62)48-74-80(69,70)76-52-57(50-72-59(64)44-38-32-26-21-19-24-29-35-41-53(4)5)78-61(66)46-40-34-28-22-20-25-30-36-42-54(6)9-3/h53-57,62H,7-52H2,1-6H3,(H,67,68)(H,69,70)/t54?,55-,56+,57+/m0/s1. The minimum absolute atomic E-state index is 0.104. The highest BCUT2D eigenvalue weighted by Gasteiger charge is 2.30. The Morgan fingerprint density at radius 2 is 0.637 bits per heavy atom. The van der Waals surface area contributed by atoms with Crippen molar-refractivity contribution in [2.75, 3.05) is 39.6 Å². The SMILES string of the molecule is CCCCCCCCCCCCC(=O)O[C@H](COC(=O)CCCCCCCCC)COP(=O)(O)OC[C@H](O)COP(=O)(O)OC[C@@H](COC(=O)CCCCCCCCCCC(C)C)OC(=O)CCCCCCCCCCC(C)CC. The van der Waals surface area contributed by atoms with Gasteiger partial charge in [0.05, 0.1) is 26.4 Å².